The van der Waals surface area contributed by atoms with E-state index < -0.39 is 11.7 Å². The average molecular weight is 285 g/mol. The molecular formula is C13H14F3N3O. The maximum Gasteiger partial charge on any atom is 0.416 e. The minimum Gasteiger partial charge on any atom is -0.419 e. The number of hydrogen-bond donors (Lipinski definition) is 1. The van der Waals surface area contributed by atoms with Crippen LogP contribution in [-0.2, 0) is 12.7 Å². The Bertz CT molecular complexity index is 549. The van der Waals surface area contributed by atoms with Crippen molar-refractivity contribution in [1.82, 2.24) is 15.5 Å². The molecule has 0 saturated heterocycles. The summed E-state index contributed by atoms with van der Waals surface area (Å²) in [5, 5.41) is 10.8. The molecule has 0 aliphatic rings. The van der Waals surface area contributed by atoms with Crippen LogP contribution in [0.5, 0.6) is 0 Å². The van der Waals surface area contributed by atoms with Crippen LogP contribution in [0.2, 0.25) is 0 Å². The molecule has 0 amide bonds. The van der Waals surface area contributed by atoms with Crippen LogP contribution < -0.4 is 5.32 Å². The molecule has 0 bridgehead atoms. The molecule has 0 spiro atoms. The Morgan fingerprint density at radius 3 is 2.45 bits per heavy atom. The molecule has 1 aromatic carbocycles. The van der Waals surface area contributed by atoms with Gasteiger partial charge in [0, 0.05) is 5.56 Å². The molecule has 0 radical (unpaired) electrons. The number of nitrogens with one attached hydrogen (secondary N) is 1. The Morgan fingerprint density at radius 2 is 1.85 bits per heavy atom. The van der Waals surface area contributed by atoms with Crippen LogP contribution in [-0.4, -0.2) is 16.7 Å². The third-order valence-electron chi connectivity index (χ3n) is 2.63. The average Bonchev–Trinajstić information content (AvgIpc) is 2.87. The highest BCUT2D eigenvalue weighted by Crippen LogP contribution is 2.30. The molecule has 2 aromatic rings. The zero-order valence-electron chi connectivity index (χ0n) is 10.9. The van der Waals surface area contributed by atoms with E-state index in [4.69, 9.17) is 4.42 Å². The van der Waals surface area contributed by atoms with Gasteiger partial charge in [-0.2, -0.15) is 13.2 Å². The molecule has 7 heteroatoms. The van der Waals surface area contributed by atoms with Gasteiger partial charge in [-0.1, -0.05) is 6.92 Å². The van der Waals surface area contributed by atoms with Gasteiger partial charge in [-0.05, 0) is 37.2 Å². The lowest BCUT2D eigenvalue weighted by Gasteiger charge is -2.05. The fourth-order valence-corrected chi connectivity index (χ4v) is 1.62. The summed E-state index contributed by atoms with van der Waals surface area (Å²) in [5.74, 6) is 0.625. The van der Waals surface area contributed by atoms with Gasteiger partial charge < -0.3 is 9.73 Å². The molecular weight excluding hydrogens is 271 g/mol. The molecule has 0 aliphatic heterocycles. The second-order valence-electron chi connectivity index (χ2n) is 4.25. The van der Waals surface area contributed by atoms with Crippen molar-refractivity contribution in [1.29, 1.82) is 0 Å². The van der Waals surface area contributed by atoms with Gasteiger partial charge in [0.05, 0.1) is 12.1 Å². The van der Waals surface area contributed by atoms with Gasteiger partial charge in [0.1, 0.15) is 0 Å². The molecule has 4 nitrogen and oxygen atoms in total. The minimum atomic E-state index is -4.34. The van der Waals surface area contributed by atoms with Crippen LogP contribution in [0.25, 0.3) is 11.5 Å². The smallest absolute Gasteiger partial charge is 0.416 e. The summed E-state index contributed by atoms with van der Waals surface area (Å²) in [6.07, 6.45) is -3.36. The first kappa shape index (κ1) is 14.5. The molecule has 1 N–H and O–H groups in total. The van der Waals surface area contributed by atoms with E-state index in [1.54, 1.807) is 0 Å². The summed E-state index contributed by atoms with van der Waals surface area (Å²) >= 11 is 0. The standard InChI is InChI=1S/C13H14F3N3O/c1-2-7-17-8-11-18-19-12(20-11)9-3-5-10(6-4-9)13(14,15)16/h3-6,17H,2,7-8H2,1H3. The molecule has 0 unspecified atom stereocenters. The van der Waals surface area contributed by atoms with Crippen LogP contribution in [0, 0.1) is 0 Å². The van der Waals surface area contributed by atoms with E-state index in [0.717, 1.165) is 25.1 Å². The van der Waals surface area contributed by atoms with Crippen molar-refractivity contribution in [2.24, 2.45) is 0 Å². The normalized spacial score (nSPS) is 11.8. The summed E-state index contributed by atoms with van der Waals surface area (Å²) < 4.78 is 42.7. The van der Waals surface area contributed by atoms with Gasteiger partial charge in [0.25, 0.3) is 0 Å². The van der Waals surface area contributed by atoms with Gasteiger partial charge in [0.15, 0.2) is 0 Å². The van der Waals surface area contributed by atoms with E-state index in [1.165, 1.54) is 12.1 Å². The second-order valence-corrected chi connectivity index (χ2v) is 4.25. The third kappa shape index (κ3) is 3.57. The zero-order valence-corrected chi connectivity index (χ0v) is 10.9. The Kier molecular flexibility index (Phi) is 4.39. The molecule has 0 aliphatic carbocycles. The van der Waals surface area contributed by atoms with Crippen LogP contribution in [0.15, 0.2) is 28.7 Å². The molecule has 0 atom stereocenters. The fraction of sp³-hybridized carbons (Fsp3) is 0.385. The van der Waals surface area contributed by atoms with Crippen LogP contribution in [0.1, 0.15) is 24.8 Å². The zero-order chi connectivity index (χ0) is 14.6. The van der Waals surface area contributed by atoms with Crippen LogP contribution >= 0.6 is 0 Å². The van der Waals surface area contributed by atoms with Crippen molar-refractivity contribution < 1.29 is 17.6 Å². The molecule has 0 saturated carbocycles. The Morgan fingerprint density at radius 1 is 1.15 bits per heavy atom. The van der Waals surface area contributed by atoms with E-state index in [2.05, 4.69) is 15.5 Å². The van der Waals surface area contributed by atoms with Crippen molar-refractivity contribution in [3.63, 3.8) is 0 Å². The van der Waals surface area contributed by atoms with E-state index in [9.17, 15) is 13.2 Å². The van der Waals surface area contributed by atoms with Crippen molar-refractivity contribution in [3.8, 4) is 11.5 Å². The van der Waals surface area contributed by atoms with E-state index >= 15 is 0 Å². The van der Waals surface area contributed by atoms with Gasteiger partial charge in [-0.25, -0.2) is 0 Å². The summed E-state index contributed by atoms with van der Waals surface area (Å²) in [6.45, 7) is 3.31. The fourth-order valence-electron chi connectivity index (χ4n) is 1.62. The van der Waals surface area contributed by atoms with Crippen LogP contribution in [0.4, 0.5) is 13.2 Å². The largest absolute Gasteiger partial charge is 0.419 e. The quantitative estimate of drug-likeness (QED) is 0.857. The SMILES string of the molecule is CCCNCc1nnc(-c2ccc(C(F)(F)F)cc2)o1. The minimum absolute atomic E-state index is 0.215. The first-order valence-electron chi connectivity index (χ1n) is 6.21. The highest BCUT2D eigenvalue weighted by Gasteiger charge is 2.30. The van der Waals surface area contributed by atoms with Gasteiger partial charge in [-0.15, -0.1) is 10.2 Å². The first-order valence-corrected chi connectivity index (χ1v) is 6.21. The Hall–Kier alpha value is -1.89. The lowest BCUT2D eigenvalue weighted by molar-refractivity contribution is -0.137. The lowest BCUT2D eigenvalue weighted by Crippen LogP contribution is -2.13. The highest BCUT2D eigenvalue weighted by molar-refractivity contribution is 5.53. The number of halogens is 3. The number of aromatic nitrogens is 2. The monoisotopic (exact) mass is 285 g/mol. The lowest BCUT2D eigenvalue weighted by atomic mass is 10.1. The molecule has 20 heavy (non-hydrogen) atoms. The molecule has 1 aromatic heterocycles. The second kappa shape index (κ2) is 6.04. The summed E-state index contributed by atoms with van der Waals surface area (Å²) in [6, 6.07) is 4.63. The van der Waals surface area contributed by atoms with Crippen molar-refractivity contribution in [2.45, 2.75) is 26.1 Å². The van der Waals surface area contributed by atoms with E-state index in [1.807, 2.05) is 6.92 Å². The number of nitrogens with zero attached hydrogens (tertiary/aromatic N) is 2. The number of benzene rings is 1. The van der Waals surface area contributed by atoms with E-state index in [0.29, 0.717) is 18.0 Å². The predicted molar refractivity (Wildman–Crippen MR) is 66.7 cm³/mol. The molecule has 0 fully saturated rings. The summed E-state index contributed by atoms with van der Waals surface area (Å²) in [4.78, 5) is 0. The Labute approximate surface area is 114 Å². The Balaban J connectivity index is 2.08. The van der Waals surface area contributed by atoms with Crippen LogP contribution in [0.3, 0.4) is 0 Å². The van der Waals surface area contributed by atoms with Crippen molar-refractivity contribution >= 4 is 0 Å². The maximum atomic E-state index is 12.4. The molecule has 2 rings (SSSR count). The van der Waals surface area contributed by atoms with Crippen molar-refractivity contribution in [2.75, 3.05) is 6.54 Å². The summed E-state index contributed by atoms with van der Waals surface area (Å²) in [7, 11) is 0. The van der Waals surface area contributed by atoms with Gasteiger partial charge >= 0.3 is 6.18 Å². The molecule has 108 valence electrons. The van der Waals surface area contributed by atoms with Crippen molar-refractivity contribution in [3.05, 3.63) is 35.7 Å². The number of rotatable bonds is 5. The highest BCUT2D eigenvalue weighted by atomic mass is 19.4. The van der Waals surface area contributed by atoms with Gasteiger partial charge in [0.2, 0.25) is 11.8 Å². The number of hydrogen-bond acceptors (Lipinski definition) is 4. The maximum absolute atomic E-state index is 12.4. The predicted octanol–water partition coefficient (Wildman–Crippen LogP) is 3.26. The number of alkyl halides is 3. The van der Waals surface area contributed by atoms with E-state index in [-0.39, 0.29) is 5.89 Å². The first-order chi connectivity index (χ1) is 9.50. The third-order valence-corrected chi connectivity index (χ3v) is 2.63. The molecule has 1 heterocycles. The topological polar surface area (TPSA) is 51.0 Å². The van der Waals surface area contributed by atoms with Gasteiger partial charge in [-0.3, -0.25) is 0 Å². The summed E-state index contributed by atoms with van der Waals surface area (Å²) in [5.41, 5.74) is -0.238.